The van der Waals surface area contributed by atoms with Crippen LogP contribution in [-0.2, 0) is 9.59 Å². The molecule has 6 rings (SSSR count). The minimum absolute atomic E-state index is 0.300. The quantitative estimate of drug-likeness (QED) is 0.394. The Kier molecular flexibility index (Phi) is 5.33. The number of carbonyl (C=O) groups is 3. The second kappa shape index (κ2) is 8.82. The first-order chi connectivity index (χ1) is 18.0. The minimum Gasteiger partial charge on any atom is -0.439 e. The SMILES string of the molecule is O=C1NC(=O)C2(CCCN2c2ccc(Oc3ccc(-c4cc(-c5cccnn5)no4)cc3)nc2)C(=O)N1. The number of anilines is 1. The van der Waals surface area contributed by atoms with Crippen LogP contribution >= 0.6 is 0 Å². The largest absolute Gasteiger partial charge is 0.439 e. The lowest BCUT2D eigenvalue weighted by atomic mass is 9.92. The smallest absolute Gasteiger partial charge is 0.328 e. The molecule has 0 radical (unpaired) electrons. The van der Waals surface area contributed by atoms with Crippen molar-refractivity contribution >= 4 is 23.5 Å². The van der Waals surface area contributed by atoms with Gasteiger partial charge in [0, 0.05) is 30.4 Å². The maximum Gasteiger partial charge on any atom is 0.328 e. The predicted octanol–water partition coefficient (Wildman–Crippen LogP) is 2.69. The third-order valence-corrected chi connectivity index (χ3v) is 6.33. The van der Waals surface area contributed by atoms with E-state index in [1.165, 1.54) is 6.20 Å². The van der Waals surface area contributed by atoms with E-state index in [0.29, 0.717) is 53.9 Å². The number of urea groups is 1. The van der Waals surface area contributed by atoms with Gasteiger partial charge in [0.05, 0.1) is 11.9 Å². The van der Waals surface area contributed by atoms with Crippen molar-refractivity contribution in [1.82, 2.24) is 31.0 Å². The Bertz CT molecular complexity index is 1470. The van der Waals surface area contributed by atoms with Crippen molar-refractivity contribution in [2.24, 2.45) is 0 Å². The Labute approximate surface area is 209 Å². The van der Waals surface area contributed by atoms with Crippen molar-refractivity contribution in [3.05, 3.63) is 67.0 Å². The fourth-order valence-electron chi connectivity index (χ4n) is 4.56. The summed E-state index contributed by atoms with van der Waals surface area (Å²) in [7, 11) is 0. The zero-order valence-electron chi connectivity index (χ0n) is 19.2. The molecule has 3 aromatic heterocycles. The molecular formula is C25H19N7O5. The zero-order chi connectivity index (χ0) is 25.4. The Morgan fingerprint density at radius 3 is 2.49 bits per heavy atom. The van der Waals surface area contributed by atoms with Gasteiger partial charge in [0.25, 0.3) is 11.8 Å². The van der Waals surface area contributed by atoms with Crippen molar-refractivity contribution in [2.75, 3.05) is 11.4 Å². The van der Waals surface area contributed by atoms with E-state index in [4.69, 9.17) is 9.26 Å². The van der Waals surface area contributed by atoms with Crippen LogP contribution in [0.1, 0.15) is 12.8 Å². The third kappa shape index (κ3) is 3.93. The van der Waals surface area contributed by atoms with Crippen LogP contribution in [0, 0.1) is 0 Å². The zero-order valence-corrected chi connectivity index (χ0v) is 19.2. The molecule has 1 aromatic carbocycles. The predicted molar refractivity (Wildman–Crippen MR) is 128 cm³/mol. The highest BCUT2D eigenvalue weighted by Gasteiger charge is 2.57. The number of nitrogens with zero attached hydrogens (tertiary/aromatic N) is 5. The number of hydrogen-bond donors (Lipinski definition) is 2. The molecule has 2 N–H and O–H groups in total. The number of rotatable bonds is 5. The number of imide groups is 2. The van der Waals surface area contributed by atoms with Gasteiger partial charge in [-0.25, -0.2) is 9.78 Å². The van der Waals surface area contributed by atoms with Crippen LogP contribution in [0.4, 0.5) is 10.5 Å². The fourth-order valence-corrected chi connectivity index (χ4v) is 4.56. The number of benzene rings is 1. The number of aromatic nitrogens is 4. The van der Waals surface area contributed by atoms with Crippen LogP contribution in [0.2, 0.25) is 0 Å². The highest BCUT2D eigenvalue weighted by atomic mass is 16.5. The standard InChI is InChI=1S/C25H19N7O5/c33-22-25(23(34)29-24(35)28-22)10-2-12-32(25)16-6-9-21(26-14-16)36-17-7-4-15(5-8-17)20-13-19(31-37-20)18-3-1-11-27-30-18/h1,3-9,11,13-14H,2,10,12H2,(H2,28,29,33,34,35). The van der Waals surface area contributed by atoms with Gasteiger partial charge in [0.15, 0.2) is 11.3 Å². The molecule has 0 saturated carbocycles. The number of nitrogens with one attached hydrogen (secondary N) is 2. The lowest BCUT2D eigenvalue weighted by Gasteiger charge is -2.38. The van der Waals surface area contributed by atoms with E-state index in [1.807, 2.05) is 12.1 Å². The molecule has 0 aliphatic carbocycles. The van der Waals surface area contributed by atoms with E-state index >= 15 is 0 Å². The fraction of sp³-hybridized carbons (Fsp3) is 0.160. The Hall–Kier alpha value is -5.13. The molecule has 5 heterocycles. The highest BCUT2D eigenvalue weighted by molar-refractivity contribution is 6.24. The molecule has 2 fully saturated rings. The van der Waals surface area contributed by atoms with Crippen molar-refractivity contribution < 1.29 is 23.6 Å². The van der Waals surface area contributed by atoms with E-state index in [0.717, 1.165) is 5.56 Å². The van der Waals surface area contributed by atoms with Crippen LogP contribution < -0.4 is 20.3 Å². The molecule has 1 spiro atoms. The van der Waals surface area contributed by atoms with Crippen LogP contribution in [0.25, 0.3) is 22.7 Å². The average molecular weight is 497 g/mol. The lowest BCUT2D eigenvalue weighted by Crippen LogP contribution is -2.71. The molecule has 4 aromatic rings. The molecular weight excluding hydrogens is 478 g/mol. The van der Waals surface area contributed by atoms with Crippen LogP contribution in [0.5, 0.6) is 11.6 Å². The molecule has 4 amide bonds. The summed E-state index contributed by atoms with van der Waals surface area (Å²) in [6.45, 7) is 0.471. The third-order valence-electron chi connectivity index (χ3n) is 6.33. The summed E-state index contributed by atoms with van der Waals surface area (Å²) in [5, 5.41) is 16.3. The van der Waals surface area contributed by atoms with E-state index in [-0.39, 0.29) is 0 Å². The van der Waals surface area contributed by atoms with Gasteiger partial charge in [-0.15, -0.1) is 5.10 Å². The lowest BCUT2D eigenvalue weighted by molar-refractivity contribution is -0.137. The summed E-state index contributed by atoms with van der Waals surface area (Å²) in [6.07, 6.45) is 4.04. The van der Waals surface area contributed by atoms with Gasteiger partial charge in [-0.1, -0.05) is 5.16 Å². The van der Waals surface area contributed by atoms with E-state index < -0.39 is 23.4 Å². The normalized spacial score (nSPS) is 16.5. The van der Waals surface area contributed by atoms with Crippen molar-refractivity contribution in [2.45, 2.75) is 18.4 Å². The molecule has 2 aliphatic heterocycles. The Morgan fingerprint density at radius 2 is 1.78 bits per heavy atom. The van der Waals surface area contributed by atoms with Gasteiger partial charge < -0.3 is 14.2 Å². The summed E-state index contributed by atoms with van der Waals surface area (Å²) in [4.78, 5) is 42.8. The molecule has 2 aliphatic rings. The number of hydrogen-bond acceptors (Lipinski definition) is 10. The summed E-state index contributed by atoms with van der Waals surface area (Å²) >= 11 is 0. The second-order valence-corrected chi connectivity index (χ2v) is 8.52. The van der Waals surface area contributed by atoms with E-state index in [2.05, 4.69) is 31.0 Å². The molecule has 184 valence electrons. The monoisotopic (exact) mass is 497 g/mol. The molecule has 2 saturated heterocycles. The highest BCUT2D eigenvalue weighted by Crippen LogP contribution is 2.36. The molecule has 0 bridgehead atoms. The number of barbiturate groups is 1. The molecule has 12 nitrogen and oxygen atoms in total. The minimum atomic E-state index is -1.47. The number of amides is 4. The van der Waals surface area contributed by atoms with Gasteiger partial charge in [0.1, 0.15) is 17.1 Å². The van der Waals surface area contributed by atoms with Gasteiger partial charge in [-0.3, -0.25) is 20.2 Å². The van der Waals surface area contributed by atoms with Gasteiger partial charge in [0.2, 0.25) is 5.88 Å². The topological polar surface area (TPSA) is 152 Å². The van der Waals surface area contributed by atoms with E-state index in [9.17, 15) is 14.4 Å². The first-order valence-corrected chi connectivity index (χ1v) is 11.5. The first kappa shape index (κ1) is 22.3. The van der Waals surface area contributed by atoms with Crippen LogP contribution in [-0.4, -0.2) is 50.3 Å². The molecule has 0 atom stereocenters. The molecule has 0 unspecified atom stereocenters. The van der Waals surface area contributed by atoms with Crippen LogP contribution in [0.15, 0.2) is 71.5 Å². The number of ether oxygens (including phenoxy) is 1. The average Bonchev–Trinajstić information content (AvgIpc) is 3.58. The Morgan fingerprint density at radius 1 is 0.973 bits per heavy atom. The molecule has 12 heteroatoms. The maximum absolute atomic E-state index is 12.6. The maximum atomic E-state index is 12.6. The second-order valence-electron chi connectivity index (χ2n) is 8.52. The summed E-state index contributed by atoms with van der Waals surface area (Å²) < 4.78 is 11.3. The van der Waals surface area contributed by atoms with Gasteiger partial charge >= 0.3 is 6.03 Å². The number of pyridine rings is 1. The summed E-state index contributed by atoms with van der Waals surface area (Å²) in [5.74, 6) is 0.207. The van der Waals surface area contributed by atoms with E-state index in [1.54, 1.807) is 53.6 Å². The number of carbonyl (C=O) groups excluding carboxylic acids is 3. The Balaban J connectivity index is 1.16. The van der Waals surface area contributed by atoms with Crippen molar-refractivity contribution in [3.8, 4) is 34.3 Å². The van der Waals surface area contributed by atoms with Gasteiger partial charge in [-0.05, 0) is 55.3 Å². The first-order valence-electron chi connectivity index (χ1n) is 11.5. The summed E-state index contributed by atoms with van der Waals surface area (Å²) in [6, 6.07) is 15.2. The molecule has 37 heavy (non-hydrogen) atoms. The van der Waals surface area contributed by atoms with Crippen LogP contribution in [0.3, 0.4) is 0 Å². The van der Waals surface area contributed by atoms with Crippen molar-refractivity contribution in [1.29, 1.82) is 0 Å². The summed E-state index contributed by atoms with van der Waals surface area (Å²) in [5.41, 5.74) is 1.11. The van der Waals surface area contributed by atoms with Gasteiger partial charge in [-0.2, -0.15) is 5.10 Å². The van der Waals surface area contributed by atoms with Crippen molar-refractivity contribution in [3.63, 3.8) is 0 Å².